The maximum Gasteiger partial charge on any atom is 0.0997 e. The number of carbonyl (C=O) groups is 1. The van der Waals surface area contributed by atoms with E-state index in [2.05, 4.69) is 33.8 Å². The molecule has 3 nitrogen and oxygen atoms in total. The van der Waals surface area contributed by atoms with E-state index in [1.807, 2.05) is 18.2 Å². The van der Waals surface area contributed by atoms with Gasteiger partial charge in [0.15, 0.2) is 0 Å². The van der Waals surface area contributed by atoms with Crippen LogP contribution in [0.3, 0.4) is 0 Å². The van der Waals surface area contributed by atoms with E-state index in [4.69, 9.17) is 0 Å². The molecule has 0 spiro atoms. The normalized spacial score (nSPS) is 9.22. The molecule has 0 aliphatic heterocycles. The fourth-order valence-corrected chi connectivity index (χ4v) is 1.66. The number of rotatable bonds is 2. The Bertz CT molecular complexity index is 500. The van der Waals surface area contributed by atoms with E-state index < -0.39 is 5.97 Å². The zero-order valence-electron chi connectivity index (χ0n) is 9.80. The number of benzene rings is 2. The summed E-state index contributed by atoms with van der Waals surface area (Å²) in [5, 5.41) is 10.2. The summed E-state index contributed by atoms with van der Waals surface area (Å²) in [5.74, 6) is -1.15. The molecule has 18 heavy (non-hydrogen) atoms. The SMILES string of the molecule is O=C([O-])c1cccc(Br)c1.[NH3+]Cc1ccccc1. The summed E-state index contributed by atoms with van der Waals surface area (Å²) >= 11 is 3.14. The van der Waals surface area contributed by atoms with Crippen LogP contribution in [0.15, 0.2) is 59.1 Å². The number of carboxylic acid groups (broad SMARTS) is 1. The lowest BCUT2D eigenvalue weighted by Crippen LogP contribution is -2.47. The van der Waals surface area contributed by atoms with Gasteiger partial charge in [0, 0.05) is 10.0 Å². The van der Waals surface area contributed by atoms with Gasteiger partial charge in [-0.15, -0.1) is 0 Å². The second kappa shape index (κ2) is 7.63. The first-order valence-corrected chi connectivity index (χ1v) is 6.23. The summed E-state index contributed by atoms with van der Waals surface area (Å²) in [5.41, 5.74) is 5.24. The van der Waals surface area contributed by atoms with Crippen LogP contribution in [0.2, 0.25) is 0 Å². The monoisotopic (exact) mass is 307 g/mol. The molecular formula is C14H14BrNO2. The molecular weight excluding hydrogens is 294 g/mol. The molecule has 0 saturated carbocycles. The van der Waals surface area contributed by atoms with Gasteiger partial charge in [-0.05, 0) is 17.7 Å². The predicted molar refractivity (Wildman–Crippen MR) is 71.5 cm³/mol. The number of hydrogen-bond donors (Lipinski definition) is 1. The van der Waals surface area contributed by atoms with Gasteiger partial charge in [-0.1, -0.05) is 58.4 Å². The van der Waals surface area contributed by atoms with E-state index in [1.165, 1.54) is 17.7 Å². The van der Waals surface area contributed by atoms with Crippen LogP contribution in [0.4, 0.5) is 0 Å². The standard InChI is InChI=1S/C7H5BrO2.C7H9N/c8-6-3-1-2-5(4-6)7(9)10;8-6-7-4-2-1-3-5-7/h1-4H,(H,9,10);1-5H,6,8H2. The minimum Gasteiger partial charge on any atom is -0.545 e. The Morgan fingerprint density at radius 1 is 1.11 bits per heavy atom. The summed E-state index contributed by atoms with van der Waals surface area (Å²) in [7, 11) is 0. The predicted octanol–water partition coefficient (Wildman–Crippen LogP) is 1.24. The summed E-state index contributed by atoms with van der Waals surface area (Å²) in [6.07, 6.45) is 0. The van der Waals surface area contributed by atoms with Crippen molar-refractivity contribution >= 4 is 21.9 Å². The molecule has 0 bridgehead atoms. The van der Waals surface area contributed by atoms with Gasteiger partial charge in [0.2, 0.25) is 0 Å². The molecule has 0 atom stereocenters. The molecule has 0 aliphatic carbocycles. The fraction of sp³-hybridized carbons (Fsp3) is 0.0714. The van der Waals surface area contributed by atoms with E-state index in [0.717, 1.165) is 11.0 Å². The second-order valence-electron chi connectivity index (χ2n) is 3.53. The quantitative estimate of drug-likeness (QED) is 0.907. The van der Waals surface area contributed by atoms with E-state index in [9.17, 15) is 9.90 Å². The van der Waals surface area contributed by atoms with Crippen LogP contribution >= 0.6 is 15.9 Å². The Morgan fingerprint density at radius 2 is 1.78 bits per heavy atom. The van der Waals surface area contributed by atoms with Gasteiger partial charge in [0.25, 0.3) is 0 Å². The third-order valence-corrected chi connectivity index (χ3v) is 2.69. The van der Waals surface area contributed by atoms with Crippen LogP contribution in [0.5, 0.6) is 0 Å². The molecule has 0 heterocycles. The number of halogens is 1. The van der Waals surface area contributed by atoms with Gasteiger partial charge in [0.1, 0.15) is 0 Å². The molecule has 4 heteroatoms. The molecule has 0 aromatic heterocycles. The molecule has 0 unspecified atom stereocenters. The zero-order valence-corrected chi connectivity index (χ0v) is 11.4. The average molecular weight is 308 g/mol. The van der Waals surface area contributed by atoms with Crippen LogP contribution < -0.4 is 10.8 Å². The Kier molecular flexibility index (Phi) is 6.11. The van der Waals surface area contributed by atoms with Gasteiger partial charge in [-0.2, -0.15) is 0 Å². The van der Waals surface area contributed by atoms with Gasteiger partial charge < -0.3 is 15.6 Å². The summed E-state index contributed by atoms with van der Waals surface area (Å²) in [6, 6.07) is 16.6. The third kappa shape index (κ3) is 5.12. The lowest BCUT2D eigenvalue weighted by atomic mass is 10.2. The second-order valence-corrected chi connectivity index (χ2v) is 4.45. The van der Waals surface area contributed by atoms with E-state index >= 15 is 0 Å². The molecule has 0 saturated heterocycles. The maximum atomic E-state index is 10.2. The molecule has 0 fully saturated rings. The molecule has 3 N–H and O–H groups in total. The van der Waals surface area contributed by atoms with Gasteiger partial charge in [-0.3, -0.25) is 0 Å². The maximum absolute atomic E-state index is 10.2. The van der Waals surface area contributed by atoms with Gasteiger partial charge in [0.05, 0.1) is 12.5 Å². The van der Waals surface area contributed by atoms with Crippen LogP contribution in [0.25, 0.3) is 0 Å². The van der Waals surface area contributed by atoms with Crippen molar-refractivity contribution in [3.05, 3.63) is 70.2 Å². The number of carboxylic acids is 1. The van der Waals surface area contributed by atoms with Crippen LogP contribution in [-0.4, -0.2) is 5.97 Å². The molecule has 2 aromatic carbocycles. The highest BCUT2D eigenvalue weighted by Crippen LogP contribution is 2.10. The lowest BCUT2D eigenvalue weighted by Gasteiger charge is -2.00. The molecule has 2 aromatic rings. The highest BCUT2D eigenvalue weighted by atomic mass is 79.9. The molecule has 94 valence electrons. The van der Waals surface area contributed by atoms with Gasteiger partial charge >= 0.3 is 0 Å². The lowest BCUT2D eigenvalue weighted by molar-refractivity contribution is -0.386. The molecule has 0 amide bonds. The van der Waals surface area contributed by atoms with Crippen molar-refractivity contribution in [2.24, 2.45) is 0 Å². The van der Waals surface area contributed by atoms with Crippen LogP contribution in [0.1, 0.15) is 15.9 Å². The minimum atomic E-state index is -1.15. The van der Waals surface area contributed by atoms with Crippen molar-refractivity contribution in [2.45, 2.75) is 6.54 Å². The number of aromatic carboxylic acids is 1. The fourth-order valence-electron chi connectivity index (χ4n) is 1.26. The third-order valence-electron chi connectivity index (χ3n) is 2.19. The highest BCUT2D eigenvalue weighted by Gasteiger charge is 1.91. The molecule has 0 radical (unpaired) electrons. The van der Waals surface area contributed by atoms with Gasteiger partial charge in [-0.25, -0.2) is 0 Å². The molecule has 0 aliphatic rings. The number of hydrogen-bond acceptors (Lipinski definition) is 2. The number of quaternary nitrogens is 1. The topological polar surface area (TPSA) is 67.8 Å². The van der Waals surface area contributed by atoms with Crippen molar-refractivity contribution in [3.8, 4) is 0 Å². The Morgan fingerprint density at radius 3 is 2.17 bits per heavy atom. The highest BCUT2D eigenvalue weighted by molar-refractivity contribution is 9.10. The Hall–Kier alpha value is -1.65. The van der Waals surface area contributed by atoms with Crippen molar-refractivity contribution in [1.29, 1.82) is 0 Å². The Labute approximate surface area is 114 Å². The first-order valence-electron chi connectivity index (χ1n) is 5.43. The van der Waals surface area contributed by atoms with Crippen molar-refractivity contribution in [2.75, 3.05) is 0 Å². The van der Waals surface area contributed by atoms with Crippen LogP contribution in [0, 0.1) is 0 Å². The van der Waals surface area contributed by atoms with E-state index in [0.29, 0.717) is 0 Å². The van der Waals surface area contributed by atoms with Crippen molar-refractivity contribution in [1.82, 2.24) is 0 Å². The van der Waals surface area contributed by atoms with Crippen molar-refractivity contribution < 1.29 is 15.6 Å². The summed E-state index contributed by atoms with van der Waals surface area (Å²) in [4.78, 5) is 10.2. The largest absolute Gasteiger partial charge is 0.545 e. The Balaban J connectivity index is 0.000000184. The summed E-state index contributed by atoms with van der Waals surface area (Å²) in [6.45, 7) is 0.890. The first kappa shape index (κ1) is 14.4. The zero-order chi connectivity index (χ0) is 13.4. The van der Waals surface area contributed by atoms with Crippen molar-refractivity contribution in [3.63, 3.8) is 0 Å². The molecule has 2 rings (SSSR count). The summed E-state index contributed by atoms with van der Waals surface area (Å²) < 4.78 is 0.745. The smallest absolute Gasteiger partial charge is 0.0997 e. The minimum absolute atomic E-state index is 0.189. The van der Waals surface area contributed by atoms with Crippen LogP contribution in [-0.2, 0) is 6.54 Å². The van der Waals surface area contributed by atoms with E-state index in [-0.39, 0.29) is 5.56 Å². The average Bonchev–Trinajstić information content (AvgIpc) is 2.40. The first-order chi connectivity index (χ1) is 8.63. The number of carbonyl (C=O) groups excluding carboxylic acids is 1. The van der Waals surface area contributed by atoms with E-state index in [1.54, 1.807) is 12.1 Å².